The van der Waals surface area contributed by atoms with E-state index in [1.807, 2.05) is 84.9 Å². The van der Waals surface area contributed by atoms with Crippen molar-refractivity contribution in [3.63, 3.8) is 0 Å². The molecule has 0 spiro atoms. The van der Waals surface area contributed by atoms with Gasteiger partial charge in [-0.15, -0.1) is 23.2 Å². The lowest BCUT2D eigenvalue weighted by atomic mass is 9.91. The molecule has 3 aromatic carbocycles. The van der Waals surface area contributed by atoms with Crippen molar-refractivity contribution in [1.82, 2.24) is 5.43 Å². The number of rotatable bonds is 11. The first-order valence-electron chi connectivity index (χ1n) is 10.6. The topological polar surface area (TPSA) is 44.7 Å². The zero-order valence-electron chi connectivity index (χ0n) is 17.8. The molecule has 0 aliphatic rings. The van der Waals surface area contributed by atoms with E-state index in [4.69, 9.17) is 23.2 Å². The zero-order valence-corrected chi connectivity index (χ0v) is 19.3. The highest BCUT2D eigenvalue weighted by Crippen LogP contribution is 2.21. The number of alkyl halides is 2. The van der Waals surface area contributed by atoms with E-state index < -0.39 is 0 Å². The van der Waals surface area contributed by atoms with Crippen LogP contribution in [0.2, 0.25) is 0 Å². The first-order chi connectivity index (χ1) is 15.7. The number of carbonyl (C=O) groups is 1. The minimum absolute atomic E-state index is 0.136. The van der Waals surface area contributed by atoms with E-state index in [0.29, 0.717) is 18.2 Å². The Morgan fingerprint density at radius 2 is 1.47 bits per heavy atom. The molecule has 0 fully saturated rings. The third-order valence-corrected chi connectivity index (χ3v) is 5.49. The van der Waals surface area contributed by atoms with E-state index in [9.17, 15) is 4.79 Å². The monoisotopic (exact) mass is 467 g/mol. The molecule has 0 aliphatic carbocycles. The minimum atomic E-state index is -0.321. The molecule has 3 aromatic rings. The molecule has 6 heteroatoms. The van der Waals surface area contributed by atoms with Gasteiger partial charge < -0.3 is 4.90 Å². The SMILES string of the molecule is O=C(N/N=C/c1ccc(N(CCCl)CCCl)cc1)[C@@H](Cc1ccccc1)c1ccccc1. The Hall–Kier alpha value is -2.82. The Morgan fingerprint density at radius 3 is 2.06 bits per heavy atom. The van der Waals surface area contributed by atoms with Gasteiger partial charge in [-0.25, -0.2) is 5.43 Å². The smallest absolute Gasteiger partial charge is 0.247 e. The van der Waals surface area contributed by atoms with Crippen molar-refractivity contribution in [2.24, 2.45) is 5.10 Å². The van der Waals surface area contributed by atoms with Crippen LogP contribution in [0.1, 0.15) is 22.6 Å². The van der Waals surface area contributed by atoms with Gasteiger partial charge in [-0.1, -0.05) is 72.8 Å². The molecule has 0 unspecified atom stereocenters. The molecule has 0 heterocycles. The fourth-order valence-electron chi connectivity index (χ4n) is 3.49. The van der Waals surface area contributed by atoms with Crippen LogP contribution >= 0.6 is 23.2 Å². The number of hydrazone groups is 1. The Labute approximate surface area is 199 Å². The number of amides is 1. The second-order valence-electron chi connectivity index (χ2n) is 7.34. The molecule has 0 radical (unpaired) electrons. The molecule has 0 saturated carbocycles. The summed E-state index contributed by atoms with van der Waals surface area (Å²) in [7, 11) is 0. The number of hydrogen-bond donors (Lipinski definition) is 1. The number of benzene rings is 3. The van der Waals surface area contributed by atoms with Crippen molar-refractivity contribution in [1.29, 1.82) is 0 Å². The van der Waals surface area contributed by atoms with Crippen molar-refractivity contribution in [3.8, 4) is 0 Å². The Kier molecular flexibility index (Phi) is 9.60. The van der Waals surface area contributed by atoms with Gasteiger partial charge >= 0.3 is 0 Å². The molecule has 1 amide bonds. The van der Waals surface area contributed by atoms with Gasteiger partial charge in [0.05, 0.1) is 12.1 Å². The second kappa shape index (κ2) is 12.9. The summed E-state index contributed by atoms with van der Waals surface area (Å²) < 4.78 is 0. The van der Waals surface area contributed by atoms with Gasteiger partial charge in [0, 0.05) is 30.5 Å². The summed E-state index contributed by atoms with van der Waals surface area (Å²) in [6.07, 6.45) is 2.26. The van der Waals surface area contributed by atoms with Crippen molar-refractivity contribution in [2.45, 2.75) is 12.3 Å². The lowest BCUT2D eigenvalue weighted by molar-refractivity contribution is -0.122. The number of nitrogens with zero attached hydrogens (tertiary/aromatic N) is 2. The predicted molar refractivity (Wildman–Crippen MR) is 135 cm³/mol. The van der Waals surface area contributed by atoms with Crippen LogP contribution in [-0.4, -0.2) is 37.0 Å². The quantitative estimate of drug-likeness (QED) is 0.231. The van der Waals surface area contributed by atoms with Crippen molar-refractivity contribution >= 4 is 41.0 Å². The molecule has 4 nitrogen and oxygen atoms in total. The maximum Gasteiger partial charge on any atom is 0.247 e. The average molecular weight is 468 g/mol. The molecule has 0 aromatic heterocycles. The van der Waals surface area contributed by atoms with Crippen LogP contribution in [0.25, 0.3) is 0 Å². The number of hydrogen-bond acceptors (Lipinski definition) is 3. The zero-order chi connectivity index (χ0) is 22.6. The van der Waals surface area contributed by atoms with Crippen molar-refractivity contribution in [3.05, 3.63) is 102 Å². The summed E-state index contributed by atoms with van der Waals surface area (Å²) in [4.78, 5) is 15.1. The maximum atomic E-state index is 13.0. The standard InChI is InChI=1S/C26H27Cl2N3O/c27-15-17-31(18-16-28)24-13-11-22(12-14-24)20-29-30-26(32)25(23-9-5-2-6-10-23)19-21-7-3-1-4-8-21/h1-14,20,25H,15-19H2,(H,30,32)/b29-20+/t25-/m0/s1. The maximum absolute atomic E-state index is 13.0. The normalized spacial score (nSPS) is 11.9. The van der Waals surface area contributed by atoms with Crippen LogP contribution in [0, 0.1) is 0 Å². The largest absolute Gasteiger partial charge is 0.369 e. The van der Waals surface area contributed by atoms with Crippen LogP contribution in [0.4, 0.5) is 5.69 Å². The fraction of sp³-hybridized carbons (Fsp3) is 0.231. The van der Waals surface area contributed by atoms with Gasteiger partial charge in [-0.3, -0.25) is 4.79 Å². The van der Waals surface area contributed by atoms with E-state index in [1.54, 1.807) is 6.21 Å². The van der Waals surface area contributed by atoms with Gasteiger partial charge in [-0.2, -0.15) is 5.10 Å². The molecule has 0 aliphatic heterocycles. The van der Waals surface area contributed by atoms with E-state index in [2.05, 4.69) is 15.4 Å². The molecule has 0 bridgehead atoms. The summed E-state index contributed by atoms with van der Waals surface area (Å²) in [5.74, 6) is 0.621. The van der Waals surface area contributed by atoms with Gasteiger partial charge in [0.1, 0.15) is 0 Å². The summed E-state index contributed by atoms with van der Waals surface area (Å²) in [5, 5.41) is 4.20. The van der Waals surface area contributed by atoms with E-state index in [0.717, 1.165) is 35.5 Å². The summed E-state index contributed by atoms with van der Waals surface area (Å²) in [6.45, 7) is 1.47. The average Bonchev–Trinajstić information content (AvgIpc) is 2.84. The second-order valence-corrected chi connectivity index (χ2v) is 8.10. The number of anilines is 1. The van der Waals surface area contributed by atoms with Gasteiger partial charge in [0.25, 0.3) is 0 Å². The third kappa shape index (κ3) is 7.11. The molecule has 1 N–H and O–H groups in total. The molecule has 32 heavy (non-hydrogen) atoms. The van der Waals surface area contributed by atoms with Crippen LogP contribution in [0.15, 0.2) is 90.0 Å². The third-order valence-electron chi connectivity index (χ3n) is 5.16. The number of halogens is 2. The highest BCUT2D eigenvalue weighted by atomic mass is 35.5. The highest BCUT2D eigenvalue weighted by Gasteiger charge is 2.20. The van der Waals surface area contributed by atoms with Crippen LogP contribution in [0.5, 0.6) is 0 Å². The van der Waals surface area contributed by atoms with Crippen LogP contribution in [0.3, 0.4) is 0 Å². The molecule has 0 saturated heterocycles. The minimum Gasteiger partial charge on any atom is -0.369 e. The molecular weight excluding hydrogens is 441 g/mol. The van der Waals surface area contributed by atoms with E-state index >= 15 is 0 Å². The van der Waals surface area contributed by atoms with E-state index in [1.165, 1.54) is 0 Å². The fourth-order valence-corrected chi connectivity index (χ4v) is 3.90. The van der Waals surface area contributed by atoms with Gasteiger partial charge in [0.2, 0.25) is 5.91 Å². The molecule has 1 atom stereocenters. The lowest BCUT2D eigenvalue weighted by Crippen LogP contribution is -2.27. The van der Waals surface area contributed by atoms with Crippen LogP contribution < -0.4 is 10.3 Å². The van der Waals surface area contributed by atoms with Gasteiger partial charge in [0.15, 0.2) is 0 Å². The van der Waals surface area contributed by atoms with Crippen molar-refractivity contribution < 1.29 is 4.79 Å². The van der Waals surface area contributed by atoms with Gasteiger partial charge in [-0.05, 0) is 35.2 Å². The summed E-state index contributed by atoms with van der Waals surface area (Å²) in [6, 6.07) is 27.7. The molecule has 166 valence electrons. The Bertz CT molecular complexity index is 973. The first-order valence-corrected chi connectivity index (χ1v) is 11.7. The predicted octanol–water partition coefficient (Wildman–Crippen LogP) is 5.45. The number of carbonyl (C=O) groups excluding carboxylic acids is 1. The molecule has 3 rings (SSSR count). The summed E-state index contributed by atoms with van der Waals surface area (Å²) in [5.41, 5.74) is 6.73. The number of nitrogens with one attached hydrogen (secondary N) is 1. The summed E-state index contributed by atoms with van der Waals surface area (Å²) >= 11 is 11.8. The van der Waals surface area contributed by atoms with E-state index in [-0.39, 0.29) is 11.8 Å². The first kappa shape index (κ1) is 23.8. The highest BCUT2D eigenvalue weighted by molar-refractivity contribution is 6.18. The van der Waals surface area contributed by atoms with Crippen molar-refractivity contribution in [2.75, 3.05) is 29.7 Å². The van der Waals surface area contributed by atoms with Crippen LogP contribution in [-0.2, 0) is 11.2 Å². The molecular formula is C26H27Cl2N3O. The Morgan fingerprint density at radius 1 is 0.875 bits per heavy atom. The Balaban J connectivity index is 1.66. The lowest BCUT2D eigenvalue weighted by Gasteiger charge is -2.22.